The van der Waals surface area contributed by atoms with Crippen LogP contribution in [-0.2, 0) is 32.8 Å². The predicted molar refractivity (Wildman–Crippen MR) is 165 cm³/mol. The number of sulfonamides is 1. The van der Waals surface area contributed by atoms with Gasteiger partial charge in [0, 0.05) is 16.8 Å². The van der Waals surface area contributed by atoms with E-state index in [0.29, 0.717) is 17.7 Å². The number of alkyl halides is 3. The van der Waals surface area contributed by atoms with Gasteiger partial charge in [-0.3, -0.25) is 9.52 Å². The van der Waals surface area contributed by atoms with Crippen molar-refractivity contribution in [2.45, 2.75) is 28.8 Å². The number of hydrogen-bond donors (Lipinski definition) is 2. The van der Waals surface area contributed by atoms with Crippen LogP contribution in [0.15, 0.2) is 120 Å². The lowest BCUT2D eigenvalue weighted by molar-refractivity contribution is -0.137. The Labute approximate surface area is 252 Å². The Hall–Kier alpha value is -4.89. The molecule has 1 heterocycles. The number of amides is 1. The van der Waals surface area contributed by atoms with Crippen LogP contribution in [0.5, 0.6) is 0 Å². The van der Waals surface area contributed by atoms with E-state index in [1.54, 1.807) is 6.07 Å². The number of rotatable bonds is 6. The Bertz CT molecular complexity index is 2090. The maximum atomic E-state index is 13.8. The van der Waals surface area contributed by atoms with Gasteiger partial charge in [0.05, 0.1) is 16.4 Å². The molecule has 9 heteroatoms. The Morgan fingerprint density at radius 3 is 2.32 bits per heavy atom. The van der Waals surface area contributed by atoms with Crippen LogP contribution in [0.4, 0.5) is 24.5 Å². The van der Waals surface area contributed by atoms with Crippen molar-refractivity contribution >= 4 is 44.2 Å². The number of carbonyl (C=O) groups is 1. The highest BCUT2D eigenvalue weighted by atomic mass is 32.2. The highest BCUT2D eigenvalue weighted by Gasteiger charge is 2.50. The Balaban J connectivity index is 1.29. The molecular weight excluding hydrogens is 585 g/mol. The van der Waals surface area contributed by atoms with Crippen molar-refractivity contribution in [3.8, 4) is 0 Å². The van der Waals surface area contributed by atoms with Gasteiger partial charge in [0.1, 0.15) is 0 Å². The number of halogens is 3. The van der Waals surface area contributed by atoms with Gasteiger partial charge in [-0.05, 0) is 81.9 Å². The number of fused-ring (bicyclic) bond motifs is 3. The lowest BCUT2D eigenvalue weighted by atomic mass is 9.66. The maximum Gasteiger partial charge on any atom is 0.416 e. The van der Waals surface area contributed by atoms with Crippen molar-refractivity contribution in [1.82, 2.24) is 0 Å². The van der Waals surface area contributed by atoms with Crippen molar-refractivity contribution in [3.05, 3.63) is 143 Å². The third-order valence-corrected chi connectivity index (χ3v) is 9.86. The first-order chi connectivity index (χ1) is 21.0. The number of benzene rings is 5. The minimum atomic E-state index is -4.54. The highest BCUT2D eigenvalue weighted by molar-refractivity contribution is 7.92. The second-order valence-corrected chi connectivity index (χ2v) is 12.9. The van der Waals surface area contributed by atoms with E-state index in [1.165, 1.54) is 12.1 Å². The average molecular weight is 611 g/mol. The summed E-state index contributed by atoms with van der Waals surface area (Å²) >= 11 is 0. The molecule has 1 aliphatic heterocycles. The smallest absolute Gasteiger partial charge is 0.325 e. The molecule has 0 saturated heterocycles. The van der Waals surface area contributed by atoms with Crippen LogP contribution in [0, 0.1) is 0 Å². The van der Waals surface area contributed by atoms with E-state index in [0.717, 1.165) is 51.7 Å². The summed E-state index contributed by atoms with van der Waals surface area (Å²) in [6, 6.07) is 30.4. The van der Waals surface area contributed by atoms with E-state index in [-0.39, 0.29) is 16.5 Å². The van der Waals surface area contributed by atoms with Gasteiger partial charge in [-0.25, -0.2) is 8.42 Å². The van der Waals surface area contributed by atoms with Crippen molar-refractivity contribution in [2.75, 3.05) is 10.0 Å². The molecule has 5 aromatic carbocycles. The number of anilines is 2. The second kappa shape index (κ2) is 10.1. The van der Waals surface area contributed by atoms with Gasteiger partial charge in [0.25, 0.3) is 10.0 Å². The van der Waals surface area contributed by atoms with Gasteiger partial charge in [-0.2, -0.15) is 13.2 Å². The minimum Gasteiger partial charge on any atom is -0.325 e. The predicted octanol–water partition coefficient (Wildman–Crippen LogP) is 7.90. The van der Waals surface area contributed by atoms with Gasteiger partial charge >= 0.3 is 6.18 Å². The van der Waals surface area contributed by atoms with Crippen LogP contribution >= 0.6 is 0 Å². The van der Waals surface area contributed by atoms with Crippen LogP contribution < -0.4 is 10.0 Å². The van der Waals surface area contributed by atoms with Crippen LogP contribution in [-0.4, -0.2) is 14.3 Å². The zero-order valence-electron chi connectivity index (χ0n) is 23.1. The molecule has 1 aliphatic carbocycles. The fourth-order valence-corrected chi connectivity index (χ4v) is 7.54. The molecule has 2 unspecified atom stereocenters. The van der Waals surface area contributed by atoms with E-state index in [9.17, 15) is 26.4 Å². The van der Waals surface area contributed by atoms with Gasteiger partial charge in [-0.15, -0.1) is 0 Å². The topological polar surface area (TPSA) is 75.3 Å². The molecule has 5 aromatic rings. The highest BCUT2D eigenvalue weighted by Crippen LogP contribution is 2.53. The first kappa shape index (κ1) is 27.9. The van der Waals surface area contributed by atoms with Crippen LogP contribution in [0.3, 0.4) is 0 Å². The van der Waals surface area contributed by atoms with E-state index in [4.69, 9.17) is 0 Å². The Morgan fingerprint density at radius 1 is 0.818 bits per heavy atom. The lowest BCUT2D eigenvalue weighted by Crippen LogP contribution is -2.37. The van der Waals surface area contributed by atoms with Crippen LogP contribution in [0.25, 0.3) is 16.8 Å². The number of hydrogen-bond acceptors (Lipinski definition) is 3. The van der Waals surface area contributed by atoms with Crippen LogP contribution in [0.2, 0.25) is 0 Å². The van der Waals surface area contributed by atoms with Gasteiger partial charge in [0.15, 0.2) is 0 Å². The normalized spacial score (nSPS) is 19.1. The number of allylic oxidation sites excluding steroid dienone is 1. The first-order valence-electron chi connectivity index (χ1n) is 13.9. The molecule has 220 valence electrons. The summed E-state index contributed by atoms with van der Waals surface area (Å²) in [5, 5.41) is 5.13. The molecule has 2 atom stereocenters. The van der Waals surface area contributed by atoms with E-state index >= 15 is 0 Å². The quantitative estimate of drug-likeness (QED) is 0.205. The lowest BCUT2D eigenvalue weighted by Gasteiger charge is -2.35. The molecule has 0 spiro atoms. The third-order valence-electron chi connectivity index (χ3n) is 8.48. The Morgan fingerprint density at radius 2 is 1.55 bits per heavy atom. The molecule has 0 radical (unpaired) electrons. The summed E-state index contributed by atoms with van der Waals surface area (Å²) in [4.78, 5) is 13.7. The summed E-state index contributed by atoms with van der Waals surface area (Å²) in [5.41, 5.74) is 2.34. The molecule has 0 bridgehead atoms. The zero-order valence-corrected chi connectivity index (χ0v) is 23.9. The molecule has 0 aromatic heterocycles. The monoisotopic (exact) mass is 610 g/mol. The van der Waals surface area contributed by atoms with Crippen molar-refractivity contribution in [2.24, 2.45) is 0 Å². The number of carbonyl (C=O) groups excluding carboxylic acids is 1. The average Bonchev–Trinajstić information content (AvgIpc) is 3.53. The summed E-state index contributed by atoms with van der Waals surface area (Å²) < 4.78 is 68.2. The van der Waals surface area contributed by atoms with Crippen molar-refractivity contribution in [3.63, 3.8) is 0 Å². The molecule has 5 nitrogen and oxygen atoms in total. The molecule has 1 amide bonds. The first-order valence-corrected chi connectivity index (χ1v) is 15.4. The van der Waals surface area contributed by atoms with Gasteiger partial charge in [-0.1, -0.05) is 78.9 Å². The zero-order chi connectivity index (χ0) is 30.7. The fourth-order valence-electron chi connectivity index (χ4n) is 6.45. The molecule has 2 N–H and O–H groups in total. The molecule has 0 saturated carbocycles. The van der Waals surface area contributed by atoms with E-state index in [1.807, 2.05) is 60.7 Å². The van der Waals surface area contributed by atoms with Crippen molar-refractivity contribution in [1.29, 1.82) is 0 Å². The molecule has 2 aliphatic rings. The van der Waals surface area contributed by atoms with Gasteiger partial charge < -0.3 is 5.32 Å². The third kappa shape index (κ3) is 4.73. The summed E-state index contributed by atoms with van der Waals surface area (Å²) in [6.07, 6.45) is 0.00788. The fraction of sp³-hybridized carbons (Fsp3) is 0.114. The maximum absolute atomic E-state index is 13.8. The summed E-state index contributed by atoms with van der Waals surface area (Å²) in [6.45, 7) is 0. The minimum absolute atomic E-state index is 0.00956. The molecule has 44 heavy (non-hydrogen) atoms. The van der Waals surface area contributed by atoms with Crippen molar-refractivity contribution < 1.29 is 26.4 Å². The largest absolute Gasteiger partial charge is 0.416 e. The van der Waals surface area contributed by atoms with E-state index in [2.05, 4.69) is 28.2 Å². The number of nitrogens with one attached hydrogen (secondary N) is 2. The SMILES string of the molecule is O=C1Nc2ccc(S(=O)(=O)Nc3ccc(C(F)(F)F)cc3)cc2C1C1(Cc2ccc3ccccc3c2)C=Cc2ccccc21. The summed E-state index contributed by atoms with van der Waals surface area (Å²) in [5.74, 6) is -0.988. The molecule has 0 fully saturated rings. The van der Waals surface area contributed by atoms with Crippen LogP contribution in [0.1, 0.15) is 33.7 Å². The second-order valence-electron chi connectivity index (χ2n) is 11.2. The summed E-state index contributed by atoms with van der Waals surface area (Å²) in [7, 11) is -4.20. The molecular formula is C35H25F3N2O3S. The van der Waals surface area contributed by atoms with E-state index < -0.39 is 33.1 Å². The standard InChI is InChI=1S/C35H25F3N2O3S/c36-35(37,38)26-11-13-27(14-12-26)40-44(42,43)28-15-16-31-29(20-28)32(33(41)39-31)34(18-17-24-6-3-4-8-30(24)34)21-22-9-10-23-5-1-2-7-25(23)19-22/h1-20,32,40H,21H2,(H,39,41). The van der Waals surface area contributed by atoms with Gasteiger partial charge in [0.2, 0.25) is 5.91 Å². The molecule has 7 rings (SSSR count). The Kier molecular flexibility index (Phi) is 6.40.